The van der Waals surface area contributed by atoms with E-state index in [0.717, 1.165) is 11.3 Å². The molecule has 2 N–H and O–H groups in total. The number of para-hydroxylation sites is 1. The fourth-order valence-corrected chi connectivity index (χ4v) is 2.32. The van der Waals surface area contributed by atoms with Gasteiger partial charge < -0.3 is 10.3 Å². The van der Waals surface area contributed by atoms with Crippen molar-refractivity contribution in [1.29, 1.82) is 5.26 Å². The third-order valence-corrected chi connectivity index (χ3v) is 3.38. The topological polar surface area (TPSA) is 68.7 Å². The highest BCUT2D eigenvalue weighted by Gasteiger charge is 2.09. The zero-order valence-electron chi connectivity index (χ0n) is 11.2. The number of aromatic nitrogens is 1. The number of anilines is 1. The summed E-state index contributed by atoms with van der Waals surface area (Å²) in [6, 6.07) is 9.10. The molecule has 4 nitrogen and oxygen atoms in total. The SMILES string of the molecule is Cc1cc(C)c(CNc2c(Cl)cccc2C#N)c(=O)[nH]1. The highest BCUT2D eigenvalue weighted by atomic mass is 35.5. The number of hydrogen-bond acceptors (Lipinski definition) is 3. The molecule has 102 valence electrons. The lowest BCUT2D eigenvalue weighted by molar-refractivity contribution is 1.01. The van der Waals surface area contributed by atoms with E-state index in [1.807, 2.05) is 19.9 Å². The summed E-state index contributed by atoms with van der Waals surface area (Å²) < 4.78 is 0. The molecule has 2 aromatic rings. The van der Waals surface area contributed by atoms with Gasteiger partial charge >= 0.3 is 0 Å². The number of aromatic amines is 1. The van der Waals surface area contributed by atoms with Gasteiger partial charge in [0, 0.05) is 17.8 Å². The zero-order valence-corrected chi connectivity index (χ0v) is 12.0. The second kappa shape index (κ2) is 5.81. The van der Waals surface area contributed by atoms with Gasteiger partial charge in [-0.1, -0.05) is 17.7 Å². The smallest absolute Gasteiger partial charge is 0.253 e. The lowest BCUT2D eigenvalue weighted by Gasteiger charge is -2.11. The Kier molecular flexibility index (Phi) is 4.11. The van der Waals surface area contributed by atoms with E-state index in [0.29, 0.717) is 28.4 Å². The Morgan fingerprint density at radius 3 is 2.80 bits per heavy atom. The van der Waals surface area contributed by atoms with Crippen LogP contribution in [0.1, 0.15) is 22.4 Å². The van der Waals surface area contributed by atoms with Crippen molar-refractivity contribution in [2.75, 3.05) is 5.32 Å². The molecule has 0 saturated carbocycles. The van der Waals surface area contributed by atoms with Crippen LogP contribution in [0.25, 0.3) is 0 Å². The number of halogens is 1. The first kappa shape index (κ1) is 14.2. The molecule has 0 unspecified atom stereocenters. The molecule has 1 aromatic carbocycles. The minimum atomic E-state index is -0.124. The van der Waals surface area contributed by atoms with E-state index in [2.05, 4.69) is 16.4 Å². The summed E-state index contributed by atoms with van der Waals surface area (Å²) in [6.45, 7) is 4.05. The number of rotatable bonds is 3. The van der Waals surface area contributed by atoms with Gasteiger partial charge in [-0.3, -0.25) is 4.79 Å². The van der Waals surface area contributed by atoms with Crippen LogP contribution in [0, 0.1) is 25.2 Å². The molecule has 0 fully saturated rings. The number of nitrogens with one attached hydrogen (secondary N) is 2. The second-order valence-corrected chi connectivity index (χ2v) is 4.98. The average Bonchev–Trinajstić information content (AvgIpc) is 2.38. The molecular formula is C15H14ClN3O. The predicted molar refractivity (Wildman–Crippen MR) is 80.0 cm³/mol. The van der Waals surface area contributed by atoms with Gasteiger partial charge in [0.15, 0.2) is 0 Å². The van der Waals surface area contributed by atoms with Crippen LogP contribution in [0.2, 0.25) is 5.02 Å². The van der Waals surface area contributed by atoms with Gasteiger partial charge in [0.25, 0.3) is 5.56 Å². The largest absolute Gasteiger partial charge is 0.378 e. The molecule has 0 radical (unpaired) electrons. The van der Waals surface area contributed by atoms with Gasteiger partial charge in [0.05, 0.1) is 16.3 Å². The molecule has 5 heteroatoms. The van der Waals surface area contributed by atoms with Crippen molar-refractivity contribution in [3.63, 3.8) is 0 Å². The first-order chi connectivity index (χ1) is 9.52. The highest BCUT2D eigenvalue weighted by Crippen LogP contribution is 2.25. The monoisotopic (exact) mass is 287 g/mol. The quantitative estimate of drug-likeness (QED) is 0.911. The van der Waals surface area contributed by atoms with Gasteiger partial charge in [-0.15, -0.1) is 0 Å². The first-order valence-electron chi connectivity index (χ1n) is 6.15. The molecule has 0 aliphatic heterocycles. The summed E-state index contributed by atoms with van der Waals surface area (Å²) in [5.41, 5.74) is 3.26. The minimum Gasteiger partial charge on any atom is -0.378 e. The van der Waals surface area contributed by atoms with Crippen LogP contribution >= 0.6 is 11.6 Å². The maximum atomic E-state index is 11.9. The van der Waals surface area contributed by atoms with Crippen molar-refractivity contribution >= 4 is 17.3 Å². The van der Waals surface area contributed by atoms with Gasteiger partial charge in [0.1, 0.15) is 6.07 Å². The molecule has 0 amide bonds. The Balaban J connectivity index is 2.31. The molecule has 0 spiro atoms. The molecule has 0 aliphatic rings. The molecule has 2 rings (SSSR count). The molecule has 0 aliphatic carbocycles. The van der Waals surface area contributed by atoms with Crippen molar-refractivity contribution in [2.24, 2.45) is 0 Å². The summed E-state index contributed by atoms with van der Waals surface area (Å²) in [4.78, 5) is 14.7. The van der Waals surface area contributed by atoms with Gasteiger partial charge in [-0.2, -0.15) is 5.26 Å². The minimum absolute atomic E-state index is 0.124. The van der Waals surface area contributed by atoms with E-state index in [-0.39, 0.29) is 5.56 Å². The molecule has 1 heterocycles. The summed E-state index contributed by atoms with van der Waals surface area (Å²) in [5.74, 6) is 0. The lowest BCUT2D eigenvalue weighted by Crippen LogP contribution is -2.18. The van der Waals surface area contributed by atoms with Crippen LogP contribution in [0.15, 0.2) is 29.1 Å². The van der Waals surface area contributed by atoms with Crippen molar-refractivity contribution in [1.82, 2.24) is 4.98 Å². The van der Waals surface area contributed by atoms with Gasteiger partial charge in [-0.25, -0.2) is 0 Å². The fraction of sp³-hybridized carbons (Fsp3) is 0.200. The number of nitriles is 1. The predicted octanol–water partition coefficient (Wildman–Crippen LogP) is 3.13. The number of benzene rings is 1. The number of pyridine rings is 1. The molecule has 20 heavy (non-hydrogen) atoms. The van der Waals surface area contributed by atoms with Crippen molar-refractivity contribution in [2.45, 2.75) is 20.4 Å². The van der Waals surface area contributed by atoms with E-state index in [1.54, 1.807) is 18.2 Å². The Bertz CT molecular complexity index is 744. The summed E-state index contributed by atoms with van der Waals surface area (Å²) >= 11 is 6.08. The maximum absolute atomic E-state index is 11.9. The molecule has 0 bridgehead atoms. The zero-order chi connectivity index (χ0) is 14.7. The van der Waals surface area contributed by atoms with Crippen LogP contribution in [0.4, 0.5) is 5.69 Å². The van der Waals surface area contributed by atoms with E-state index in [4.69, 9.17) is 16.9 Å². The van der Waals surface area contributed by atoms with Gasteiger partial charge in [-0.05, 0) is 37.6 Å². The second-order valence-electron chi connectivity index (χ2n) is 4.57. The van der Waals surface area contributed by atoms with Crippen LogP contribution in [0.5, 0.6) is 0 Å². The standard InChI is InChI=1S/C15H14ClN3O/c1-9-6-10(2)19-15(20)12(9)8-18-14-11(7-17)4-3-5-13(14)16/h3-6,18H,8H2,1-2H3,(H,19,20). The first-order valence-corrected chi connectivity index (χ1v) is 6.52. The molecule has 0 atom stereocenters. The Hall–Kier alpha value is -2.25. The number of hydrogen-bond donors (Lipinski definition) is 2. The van der Waals surface area contributed by atoms with E-state index in [9.17, 15) is 4.79 Å². The van der Waals surface area contributed by atoms with Crippen LogP contribution in [0.3, 0.4) is 0 Å². The van der Waals surface area contributed by atoms with Crippen LogP contribution in [-0.4, -0.2) is 4.98 Å². The third kappa shape index (κ3) is 2.84. The summed E-state index contributed by atoms with van der Waals surface area (Å²) in [5, 5.41) is 12.6. The van der Waals surface area contributed by atoms with Crippen LogP contribution < -0.4 is 10.9 Å². The number of nitrogens with zero attached hydrogens (tertiary/aromatic N) is 1. The third-order valence-electron chi connectivity index (χ3n) is 3.07. The van der Waals surface area contributed by atoms with Gasteiger partial charge in [0.2, 0.25) is 0 Å². The summed E-state index contributed by atoms with van der Waals surface area (Å²) in [7, 11) is 0. The highest BCUT2D eigenvalue weighted by molar-refractivity contribution is 6.33. The maximum Gasteiger partial charge on any atom is 0.253 e. The number of aryl methyl sites for hydroxylation is 2. The Morgan fingerprint density at radius 2 is 2.15 bits per heavy atom. The van der Waals surface area contributed by atoms with E-state index in [1.165, 1.54) is 0 Å². The average molecular weight is 288 g/mol. The number of H-pyrrole nitrogens is 1. The molecule has 1 aromatic heterocycles. The van der Waals surface area contributed by atoms with Crippen molar-refractivity contribution in [3.05, 3.63) is 62.0 Å². The van der Waals surface area contributed by atoms with E-state index < -0.39 is 0 Å². The van der Waals surface area contributed by atoms with Crippen molar-refractivity contribution < 1.29 is 0 Å². The normalized spacial score (nSPS) is 10.1. The van der Waals surface area contributed by atoms with Crippen LogP contribution in [-0.2, 0) is 6.54 Å². The Morgan fingerprint density at radius 1 is 1.40 bits per heavy atom. The Labute approximate surface area is 122 Å². The summed E-state index contributed by atoms with van der Waals surface area (Å²) in [6.07, 6.45) is 0. The van der Waals surface area contributed by atoms with Crippen molar-refractivity contribution in [3.8, 4) is 6.07 Å². The lowest BCUT2D eigenvalue weighted by atomic mass is 10.1. The molecule has 0 saturated heterocycles. The molecular weight excluding hydrogens is 274 g/mol. The fourth-order valence-electron chi connectivity index (χ4n) is 2.08. The van der Waals surface area contributed by atoms with E-state index >= 15 is 0 Å².